The molecule has 0 saturated heterocycles. The number of fused-ring (bicyclic) bond motifs is 3. The third-order valence-electron chi connectivity index (χ3n) is 4.49. The van der Waals surface area contributed by atoms with Crippen LogP contribution < -0.4 is 10.6 Å². The van der Waals surface area contributed by atoms with Gasteiger partial charge in [-0.2, -0.15) is 10.5 Å². The predicted molar refractivity (Wildman–Crippen MR) is 98.2 cm³/mol. The molecular formula is C20H14N4S. The van der Waals surface area contributed by atoms with Gasteiger partial charge >= 0.3 is 0 Å². The van der Waals surface area contributed by atoms with Gasteiger partial charge in [-0.05, 0) is 24.6 Å². The molecule has 2 aromatic rings. The van der Waals surface area contributed by atoms with Gasteiger partial charge in [0.15, 0.2) is 0 Å². The Balaban J connectivity index is 1.96. The summed E-state index contributed by atoms with van der Waals surface area (Å²) in [5.41, 5.74) is 10.3. The van der Waals surface area contributed by atoms with Crippen LogP contribution in [0.4, 0.5) is 5.69 Å². The number of hydrogen-bond donors (Lipinski definition) is 1. The number of nitrogens with zero attached hydrogens (tertiary/aromatic N) is 3. The minimum absolute atomic E-state index is 0.402. The van der Waals surface area contributed by atoms with Crippen LogP contribution in [0, 0.1) is 29.6 Å². The standard InChI is InChI=1S/C20H14N4S/c1-12-6-8-13(9-7-12)18-14(10-21)19(23)24-16-4-2-3-5-17(16)25-20(24)15(18)11-22/h2-9,18H,23H2,1H3. The lowest BCUT2D eigenvalue weighted by Gasteiger charge is -2.31. The van der Waals surface area contributed by atoms with E-state index in [2.05, 4.69) is 12.1 Å². The molecule has 0 bridgehead atoms. The third-order valence-corrected chi connectivity index (χ3v) is 5.65. The fourth-order valence-corrected chi connectivity index (χ4v) is 4.44. The van der Waals surface area contributed by atoms with Crippen molar-refractivity contribution in [3.63, 3.8) is 0 Å². The molecule has 120 valence electrons. The number of para-hydroxylation sites is 1. The number of nitriles is 2. The molecule has 4 rings (SSSR count). The van der Waals surface area contributed by atoms with Gasteiger partial charge in [0.25, 0.3) is 0 Å². The van der Waals surface area contributed by atoms with Crippen LogP contribution >= 0.6 is 11.8 Å². The van der Waals surface area contributed by atoms with Crippen molar-refractivity contribution >= 4 is 17.4 Å². The van der Waals surface area contributed by atoms with E-state index in [4.69, 9.17) is 5.73 Å². The van der Waals surface area contributed by atoms with E-state index in [1.165, 1.54) is 11.8 Å². The molecule has 0 spiro atoms. The monoisotopic (exact) mass is 342 g/mol. The molecule has 0 amide bonds. The third kappa shape index (κ3) is 2.21. The average Bonchev–Trinajstić information content (AvgIpc) is 3.02. The predicted octanol–water partition coefficient (Wildman–Crippen LogP) is 4.13. The number of thioether (sulfide) groups is 1. The quantitative estimate of drug-likeness (QED) is 0.843. The van der Waals surface area contributed by atoms with Crippen molar-refractivity contribution in [1.29, 1.82) is 10.5 Å². The second-order valence-corrected chi connectivity index (χ2v) is 7.02. The number of hydrogen-bond acceptors (Lipinski definition) is 5. The Kier molecular flexibility index (Phi) is 3.53. The molecule has 0 aromatic heterocycles. The lowest BCUT2D eigenvalue weighted by atomic mass is 9.83. The molecule has 0 aliphatic carbocycles. The lowest BCUT2D eigenvalue weighted by Crippen LogP contribution is -2.32. The van der Waals surface area contributed by atoms with E-state index in [0.29, 0.717) is 17.0 Å². The Hall–Kier alpha value is -3.15. The highest BCUT2D eigenvalue weighted by Crippen LogP contribution is 2.54. The van der Waals surface area contributed by atoms with Crippen LogP contribution in [0.5, 0.6) is 0 Å². The normalized spacial score (nSPS) is 18.5. The van der Waals surface area contributed by atoms with E-state index in [1.807, 2.05) is 60.4 Å². The van der Waals surface area contributed by atoms with E-state index in [1.54, 1.807) is 0 Å². The minimum Gasteiger partial charge on any atom is -0.384 e. The van der Waals surface area contributed by atoms with E-state index in [0.717, 1.165) is 26.7 Å². The van der Waals surface area contributed by atoms with Gasteiger partial charge in [-0.15, -0.1) is 0 Å². The van der Waals surface area contributed by atoms with Crippen LogP contribution in [-0.2, 0) is 0 Å². The van der Waals surface area contributed by atoms with Crippen molar-refractivity contribution < 1.29 is 0 Å². The summed E-state index contributed by atoms with van der Waals surface area (Å²) in [6.07, 6.45) is 0. The van der Waals surface area contributed by atoms with Crippen LogP contribution in [0.3, 0.4) is 0 Å². The SMILES string of the molecule is Cc1ccc(C2C(C#N)=C(N)N3C(=C2C#N)Sc2ccccc23)cc1. The van der Waals surface area contributed by atoms with Crippen LogP contribution in [0.2, 0.25) is 0 Å². The Bertz CT molecular complexity index is 1020. The second-order valence-electron chi connectivity index (χ2n) is 5.99. The summed E-state index contributed by atoms with van der Waals surface area (Å²) in [4.78, 5) is 2.87. The van der Waals surface area contributed by atoms with E-state index < -0.39 is 5.92 Å². The molecule has 2 N–H and O–H groups in total. The number of aryl methyl sites for hydroxylation is 1. The number of benzene rings is 2. The van der Waals surface area contributed by atoms with Gasteiger partial charge < -0.3 is 5.73 Å². The van der Waals surface area contributed by atoms with Crippen LogP contribution in [-0.4, -0.2) is 0 Å². The Morgan fingerprint density at radius 2 is 1.68 bits per heavy atom. The van der Waals surface area contributed by atoms with Crippen LogP contribution in [0.1, 0.15) is 17.0 Å². The summed E-state index contributed by atoms with van der Waals surface area (Å²) >= 11 is 1.53. The average molecular weight is 342 g/mol. The Labute approximate surface area is 150 Å². The van der Waals surface area contributed by atoms with Gasteiger partial charge in [0.2, 0.25) is 0 Å². The summed E-state index contributed by atoms with van der Waals surface area (Å²) in [7, 11) is 0. The number of allylic oxidation sites excluding steroid dienone is 2. The topological polar surface area (TPSA) is 76.8 Å². The molecule has 1 atom stereocenters. The maximum atomic E-state index is 9.88. The van der Waals surface area contributed by atoms with Gasteiger partial charge in [-0.25, -0.2) is 0 Å². The summed E-state index contributed by atoms with van der Waals surface area (Å²) in [5.74, 6) is -0.0248. The lowest BCUT2D eigenvalue weighted by molar-refractivity contribution is 0.884. The molecule has 4 nitrogen and oxygen atoms in total. The number of nitrogens with two attached hydrogens (primary N) is 1. The van der Waals surface area contributed by atoms with Gasteiger partial charge in [-0.1, -0.05) is 53.7 Å². The zero-order valence-corrected chi connectivity index (χ0v) is 14.3. The zero-order valence-electron chi connectivity index (χ0n) is 13.5. The summed E-state index contributed by atoms with van der Waals surface area (Å²) in [5, 5.41) is 20.5. The van der Waals surface area contributed by atoms with Gasteiger partial charge in [-0.3, -0.25) is 4.90 Å². The van der Waals surface area contributed by atoms with Crippen LogP contribution in [0.25, 0.3) is 0 Å². The Morgan fingerprint density at radius 3 is 2.36 bits per heavy atom. The molecule has 1 unspecified atom stereocenters. The molecular weight excluding hydrogens is 328 g/mol. The summed E-state index contributed by atoms with van der Waals surface area (Å²) in [6, 6.07) is 20.3. The largest absolute Gasteiger partial charge is 0.384 e. The first-order valence-electron chi connectivity index (χ1n) is 7.83. The molecule has 25 heavy (non-hydrogen) atoms. The summed E-state index contributed by atoms with van der Waals surface area (Å²) in [6.45, 7) is 2.01. The highest BCUT2D eigenvalue weighted by Gasteiger charge is 2.40. The van der Waals surface area contributed by atoms with Crippen LogP contribution in [0.15, 0.2) is 75.4 Å². The first-order valence-corrected chi connectivity index (χ1v) is 8.65. The van der Waals surface area contributed by atoms with Gasteiger partial charge in [0.05, 0.1) is 34.9 Å². The summed E-state index contributed by atoms with van der Waals surface area (Å²) < 4.78 is 0. The second kappa shape index (κ2) is 5.73. The molecule has 2 aliphatic rings. The Morgan fingerprint density at radius 1 is 1.00 bits per heavy atom. The smallest absolute Gasteiger partial charge is 0.123 e. The zero-order chi connectivity index (χ0) is 17.6. The van der Waals surface area contributed by atoms with Crippen molar-refractivity contribution in [3.8, 4) is 12.1 Å². The van der Waals surface area contributed by atoms with E-state index in [-0.39, 0.29) is 0 Å². The van der Waals surface area contributed by atoms with Crippen molar-refractivity contribution in [2.75, 3.05) is 4.90 Å². The van der Waals surface area contributed by atoms with Crippen molar-refractivity contribution in [1.82, 2.24) is 0 Å². The van der Waals surface area contributed by atoms with Gasteiger partial charge in [0, 0.05) is 4.90 Å². The molecule has 2 heterocycles. The van der Waals surface area contributed by atoms with Crippen molar-refractivity contribution in [2.45, 2.75) is 17.7 Å². The molecule has 2 aromatic carbocycles. The van der Waals surface area contributed by atoms with E-state index in [9.17, 15) is 10.5 Å². The maximum absolute atomic E-state index is 9.88. The van der Waals surface area contributed by atoms with Crippen molar-refractivity contribution in [3.05, 3.63) is 81.7 Å². The fraction of sp³-hybridized carbons (Fsp3) is 0.100. The number of rotatable bonds is 1. The van der Waals surface area contributed by atoms with E-state index >= 15 is 0 Å². The number of anilines is 1. The molecule has 5 heteroatoms. The first-order chi connectivity index (χ1) is 12.2. The molecule has 0 saturated carbocycles. The molecule has 2 aliphatic heterocycles. The highest BCUT2D eigenvalue weighted by atomic mass is 32.2. The fourth-order valence-electron chi connectivity index (χ4n) is 3.26. The molecule has 0 radical (unpaired) electrons. The van der Waals surface area contributed by atoms with Crippen molar-refractivity contribution in [2.24, 2.45) is 5.73 Å². The molecule has 0 fully saturated rings. The first kappa shape index (κ1) is 15.4. The highest BCUT2D eigenvalue weighted by molar-refractivity contribution is 8.03. The minimum atomic E-state index is -0.427. The van der Waals surface area contributed by atoms with Gasteiger partial charge in [0.1, 0.15) is 10.9 Å². The maximum Gasteiger partial charge on any atom is 0.123 e.